The average molecular weight is 1330 g/mol. The molecule has 0 aliphatic heterocycles. The number of carbonyl (C=O) groups is 5. The first-order chi connectivity index (χ1) is 43.3. The molecule has 9 rings (SSSR count). The van der Waals surface area contributed by atoms with E-state index in [1.807, 2.05) is 0 Å². The zero-order valence-electron chi connectivity index (χ0n) is 47.5. The van der Waals surface area contributed by atoms with Crippen molar-refractivity contribution < 1.29 is 97.9 Å². The highest BCUT2D eigenvalue weighted by molar-refractivity contribution is 6.58. The van der Waals surface area contributed by atoms with Crippen LogP contribution in [0.15, 0.2) is 158 Å². The smallest absolute Gasteiger partial charge is 0.491 e. The molecule has 0 saturated heterocycles. The summed E-state index contributed by atoms with van der Waals surface area (Å²) in [6.45, 7) is 5.78. The molecule has 5 aromatic heterocycles. The zero-order valence-corrected chi connectivity index (χ0v) is 49.8. The van der Waals surface area contributed by atoms with Gasteiger partial charge in [0.05, 0.1) is 66.1 Å². The molecule has 0 amide bonds. The number of pyridine rings is 5. The number of aromatic carboxylic acids is 1. The molecule has 474 valence electrons. The highest BCUT2D eigenvalue weighted by atomic mass is 35.5. The number of carboxylic acid groups (broad SMARTS) is 1. The van der Waals surface area contributed by atoms with Crippen LogP contribution in [0.1, 0.15) is 72.6 Å². The minimum absolute atomic E-state index is 0.0167. The summed E-state index contributed by atoms with van der Waals surface area (Å²) in [5.41, 5.74) is -0.0446. The lowest BCUT2D eigenvalue weighted by Gasteiger charge is -2.09. The van der Waals surface area contributed by atoms with Gasteiger partial charge >= 0.3 is 37.0 Å². The van der Waals surface area contributed by atoms with Gasteiger partial charge in [0, 0.05) is 65.5 Å². The molecule has 5 heterocycles. The number of hydrogen-bond acceptors (Lipinski definition) is 16. The molecule has 9 aromatic rings. The number of esters is 4. The third kappa shape index (κ3) is 22.0. The van der Waals surface area contributed by atoms with Crippen molar-refractivity contribution in [3.63, 3.8) is 0 Å². The zero-order chi connectivity index (χ0) is 67.5. The number of methoxy groups -OCH3 is 1. The fraction of sp³-hybridized carbons (Fsp3) is 0.115. The largest absolute Gasteiger partial charge is 0.618 e. The maximum atomic E-state index is 13.8. The molecule has 0 bridgehead atoms. The molecule has 0 radical (unpaired) electrons. The highest BCUT2D eigenvalue weighted by Gasteiger charge is 2.25. The molecule has 0 aliphatic carbocycles. The van der Waals surface area contributed by atoms with Crippen molar-refractivity contribution in [3.05, 3.63) is 253 Å². The summed E-state index contributed by atoms with van der Waals surface area (Å²) >= 11 is 16.8. The third-order valence-electron chi connectivity index (χ3n) is 11.1. The quantitative estimate of drug-likeness (QED) is 0.0195. The molecule has 0 unspecified atom stereocenters. The van der Waals surface area contributed by atoms with Crippen LogP contribution in [0.2, 0.25) is 15.5 Å². The van der Waals surface area contributed by atoms with Crippen LogP contribution >= 0.6 is 34.8 Å². The summed E-state index contributed by atoms with van der Waals surface area (Å²) in [6, 6.07) is 26.0. The van der Waals surface area contributed by atoms with Gasteiger partial charge in [0.1, 0.15) is 67.6 Å². The van der Waals surface area contributed by atoms with E-state index in [1.165, 1.54) is 73.2 Å². The second-order valence-corrected chi connectivity index (χ2v) is 18.2. The van der Waals surface area contributed by atoms with Crippen LogP contribution in [0.5, 0.6) is 0 Å². The monoisotopic (exact) mass is 1330 g/mol. The van der Waals surface area contributed by atoms with Crippen LogP contribution in [0.4, 0.5) is 35.1 Å². The lowest BCUT2D eigenvalue weighted by molar-refractivity contribution is -0.593. The van der Waals surface area contributed by atoms with Gasteiger partial charge in [-0.3, -0.25) is 4.98 Å². The van der Waals surface area contributed by atoms with E-state index in [9.17, 15) is 64.3 Å². The molecule has 0 fully saturated rings. The average Bonchev–Trinajstić information content (AvgIpc) is 0.947. The van der Waals surface area contributed by atoms with Gasteiger partial charge in [0.15, 0.2) is 6.20 Å². The van der Waals surface area contributed by atoms with Gasteiger partial charge in [-0.05, 0) is 118 Å². The van der Waals surface area contributed by atoms with Crippen molar-refractivity contribution in [2.75, 3.05) is 26.9 Å². The van der Waals surface area contributed by atoms with E-state index in [4.69, 9.17) is 64.2 Å². The predicted molar refractivity (Wildman–Crippen MR) is 316 cm³/mol. The Balaban J connectivity index is 0.000000238. The number of rotatable bonds is 12. The Labute approximate surface area is 527 Å². The van der Waals surface area contributed by atoms with Gasteiger partial charge in [-0.15, -0.1) is 0 Å². The van der Waals surface area contributed by atoms with Gasteiger partial charge in [-0.25, -0.2) is 74.0 Å². The lowest BCUT2D eigenvalue weighted by atomic mass is 9.80. The third-order valence-corrected chi connectivity index (χ3v) is 11.9. The van der Waals surface area contributed by atoms with Crippen molar-refractivity contribution >= 4 is 77.2 Å². The number of hydrogen-bond donors (Lipinski definition) is 3. The first kappa shape index (κ1) is 73.5. The van der Waals surface area contributed by atoms with Gasteiger partial charge in [0.25, 0.3) is 0 Å². The van der Waals surface area contributed by atoms with E-state index in [2.05, 4.69) is 24.7 Å². The molecule has 4 aromatic carbocycles. The summed E-state index contributed by atoms with van der Waals surface area (Å²) in [6.07, 6.45) is 5.51. The van der Waals surface area contributed by atoms with Gasteiger partial charge in [-0.1, -0.05) is 40.9 Å². The van der Waals surface area contributed by atoms with Gasteiger partial charge < -0.3 is 39.3 Å². The van der Waals surface area contributed by atoms with E-state index in [0.29, 0.717) is 35.1 Å². The summed E-state index contributed by atoms with van der Waals surface area (Å²) in [7, 11) is -0.745. The number of halogens is 11. The lowest BCUT2D eigenvalue weighted by Crippen LogP contribution is -2.32. The van der Waals surface area contributed by atoms with Crippen LogP contribution in [-0.4, -0.2) is 99.0 Å². The van der Waals surface area contributed by atoms with Crippen LogP contribution < -0.4 is 10.2 Å². The highest BCUT2D eigenvalue weighted by Crippen LogP contribution is 2.29. The molecule has 3 N–H and O–H groups in total. The van der Waals surface area contributed by atoms with Crippen molar-refractivity contribution in [3.8, 4) is 33.8 Å². The predicted octanol–water partition coefficient (Wildman–Crippen LogP) is 12.1. The van der Waals surface area contributed by atoms with Crippen molar-refractivity contribution in [1.82, 2.24) is 19.9 Å². The Kier molecular flexibility index (Phi) is 29.5. The van der Waals surface area contributed by atoms with E-state index < -0.39 is 83.5 Å². The minimum atomic E-state index is -1.89. The van der Waals surface area contributed by atoms with E-state index in [0.717, 1.165) is 55.8 Å². The van der Waals surface area contributed by atoms with Crippen LogP contribution in [0, 0.1) is 51.7 Å². The SMILES string of the molecule is CCOC(=O)c1ccc(Cl)nc1-c1ccc(F)cc1F.CCOC(=O)c1cccnc1-c1ccc(F)cc1F.CCOC(=O)c1cccnc1Cl.COC(=O)c1ccc[n+]([O-])c1-c1ccc(F)cc1F.O=C(O)c1cccnc1Cl.OB(O)c1ccc(F)cc1F. The molecule has 0 saturated carbocycles. The number of benzene rings is 4. The van der Waals surface area contributed by atoms with Crippen molar-refractivity contribution in [2.45, 2.75) is 20.8 Å². The minimum Gasteiger partial charge on any atom is -0.618 e. The van der Waals surface area contributed by atoms with Crippen LogP contribution in [-0.2, 0) is 18.9 Å². The Hall–Kier alpha value is -9.93. The van der Waals surface area contributed by atoms with Crippen LogP contribution in [0.25, 0.3) is 33.8 Å². The fourth-order valence-corrected chi connectivity index (χ4v) is 7.63. The molecular weight excluding hydrogens is 1280 g/mol. The standard InChI is InChI=1S/C14H10ClF2NO2.C14H11F2NO2.C13H9F2NO3.C8H8ClNO2.C6H5BF2O2.C6H4ClNO2/c1-2-20-14(19)10-5-6-12(15)18-13(10)9-4-3-8(16)7-11(9)17;1-2-19-14(18)11-4-3-7-17-13(11)10-6-5-9(15)8-12(10)16;1-19-13(17)10-3-2-6-16(18)12(10)9-5-4-8(14)7-11(9)15;1-2-12-8(11)6-4-3-5-10-7(6)9;8-4-1-2-5(7(10)11)6(9)3-4;7-5-4(6(9)10)2-1-3-8-5/h3-7H,2H2,1H3;3-8H,2H2,1H3;2-7H,1H3;3-5H,2H2,1H3;1-3,10-11H;1-3H,(H,9,10). The van der Waals surface area contributed by atoms with Crippen LogP contribution in [0.3, 0.4) is 0 Å². The second-order valence-electron chi connectivity index (χ2n) is 17.1. The fourth-order valence-electron chi connectivity index (χ4n) is 7.08. The maximum Gasteiger partial charge on any atom is 0.491 e. The summed E-state index contributed by atoms with van der Waals surface area (Å²) in [4.78, 5) is 71.8. The molecule has 0 atom stereocenters. The number of ether oxygens (including phenoxy) is 4. The molecular formula is C61H47BCl3F8N5O13. The molecule has 18 nitrogen and oxygen atoms in total. The Bertz CT molecular complexity index is 4020. The summed E-state index contributed by atoms with van der Waals surface area (Å²) < 4.78 is 124. The van der Waals surface area contributed by atoms with Gasteiger partial charge in [0.2, 0.25) is 5.69 Å². The number of carboxylic acids is 1. The Morgan fingerprint density at radius 2 is 0.901 bits per heavy atom. The van der Waals surface area contributed by atoms with E-state index in [1.54, 1.807) is 39.0 Å². The number of nitrogens with zero attached hydrogens (tertiary/aromatic N) is 5. The molecule has 0 aliphatic rings. The van der Waals surface area contributed by atoms with E-state index >= 15 is 0 Å². The Morgan fingerprint density at radius 3 is 1.33 bits per heavy atom. The van der Waals surface area contributed by atoms with Crippen molar-refractivity contribution in [2.24, 2.45) is 0 Å². The summed E-state index contributed by atoms with van der Waals surface area (Å²) in [5.74, 6) is -9.90. The van der Waals surface area contributed by atoms with E-state index in [-0.39, 0.29) is 90.2 Å². The van der Waals surface area contributed by atoms with Crippen molar-refractivity contribution in [1.29, 1.82) is 0 Å². The molecule has 30 heteroatoms. The first-order valence-electron chi connectivity index (χ1n) is 25.8. The maximum absolute atomic E-state index is 13.8. The molecule has 91 heavy (non-hydrogen) atoms. The van der Waals surface area contributed by atoms with Gasteiger partial charge in [-0.2, -0.15) is 4.73 Å². The number of carbonyl (C=O) groups excluding carboxylic acids is 4. The Morgan fingerprint density at radius 1 is 0.495 bits per heavy atom. The second kappa shape index (κ2) is 36.5. The summed E-state index contributed by atoms with van der Waals surface area (Å²) in [5, 5.41) is 37.5. The molecule has 0 spiro atoms. The normalized spacial score (nSPS) is 10.0. The number of aromatic nitrogens is 5. The topological polar surface area (TPSA) is 261 Å². The first-order valence-corrected chi connectivity index (χ1v) is 27.0.